The van der Waals surface area contributed by atoms with Gasteiger partial charge in [0.1, 0.15) is 13.2 Å². The van der Waals surface area contributed by atoms with Gasteiger partial charge in [-0.05, 0) is 109 Å². The third-order valence-corrected chi connectivity index (χ3v) is 14.0. The number of ether oxygens (including phenoxy) is 3. The number of carbonyl (C=O) groups excluding carboxylic acids is 3. The van der Waals surface area contributed by atoms with E-state index in [1.807, 2.05) is 0 Å². The summed E-state index contributed by atoms with van der Waals surface area (Å²) in [6.45, 7) is 6.39. The van der Waals surface area contributed by atoms with Gasteiger partial charge < -0.3 is 14.2 Å². The predicted octanol–water partition coefficient (Wildman–Crippen LogP) is 22.8. The highest BCUT2D eigenvalue weighted by molar-refractivity contribution is 5.71. The summed E-state index contributed by atoms with van der Waals surface area (Å²) in [4.78, 5) is 38.3. The van der Waals surface area contributed by atoms with Crippen LogP contribution in [-0.4, -0.2) is 37.2 Å². The van der Waals surface area contributed by atoms with Crippen LogP contribution >= 0.6 is 0 Å². The summed E-state index contributed by atoms with van der Waals surface area (Å²) in [7, 11) is 0. The highest BCUT2D eigenvalue weighted by Crippen LogP contribution is 2.16. The Morgan fingerprint density at radius 2 is 0.494 bits per heavy atom. The second-order valence-corrected chi connectivity index (χ2v) is 21.6. The van der Waals surface area contributed by atoms with Crippen molar-refractivity contribution in [3.05, 3.63) is 122 Å². The summed E-state index contributed by atoms with van der Waals surface area (Å²) in [5.74, 6) is -0.928. The lowest BCUT2D eigenvalue weighted by Crippen LogP contribution is -2.30. The molecule has 0 heterocycles. The Morgan fingerprint density at radius 3 is 0.797 bits per heavy atom. The number of carbonyl (C=O) groups is 3. The van der Waals surface area contributed by atoms with E-state index >= 15 is 0 Å². The summed E-state index contributed by atoms with van der Waals surface area (Å²) in [6, 6.07) is 0. The first-order valence-corrected chi connectivity index (χ1v) is 33.0. The lowest BCUT2D eigenvalue weighted by atomic mass is 10.0. The number of unbranched alkanes of at least 4 members (excludes halogenated alkanes) is 28. The zero-order valence-corrected chi connectivity index (χ0v) is 51.6. The first-order chi connectivity index (χ1) is 39.0. The van der Waals surface area contributed by atoms with Crippen molar-refractivity contribution in [1.29, 1.82) is 0 Å². The number of hydrogen-bond acceptors (Lipinski definition) is 6. The summed E-state index contributed by atoms with van der Waals surface area (Å²) < 4.78 is 16.9. The van der Waals surface area contributed by atoms with Crippen molar-refractivity contribution >= 4 is 17.9 Å². The molecule has 0 aromatic heterocycles. The molecule has 450 valence electrons. The fraction of sp³-hybridized carbons (Fsp3) is 0.685. The molecule has 0 saturated heterocycles. The SMILES string of the molecule is CC/C=C\C/C=C\C/C=C\C/C=C\C/C=C\C/C=C\CCCCCCCCCCCCCCCCC(=O)OCC(COC(=O)CCCCCCCCCCCCCCC)OC(=O)CCCC/C=C\C/C=C\C/C=C\C/C=C\CC. The van der Waals surface area contributed by atoms with Crippen molar-refractivity contribution in [2.45, 2.75) is 309 Å². The van der Waals surface area contributed by atoms with Crippen LogP contribution in [0.5, 0.6) is 0 Å². The van der Waals surface area contributed by atoms with Crippen LogP contribution in [0.15, 0.2) is 122 Å². The molecule has 0 aliphatic rings. The normalized spacial score (nSPS) is 12.9. The van der Waals surface area contributed by atoms with E-state index in [9.17, 15) is 14.4 Å². The van der Waals surface area contributed by atoms with Crippen LogP contribution < -0.4 is 0 Å². The molecule has 0 aromatic carbocycles. The van der Waals surface area contributed by atoms with Crippen molar-refractivity contribution in [3.8, 4) is 0 Å². The molecule has 79 heavy (non-hydrogen) atoms. The van der Waals surface area contributed by atoms with E-state index in [0.717, 1.165) is 116 Å². The maximum atomic E-state index is 12.9. The molecule has 6 heteroatoms. The van der Waals surface area contributed by atoms with E-state index in [-0.39, 0.29) is 37.5 Å². The fourth-order valence-electron chi connectivity index (χ4n) is 9.09. The average molecular weight is 1100 g/mol. The van der Waals surface area contributed by atoms with Gasteiger partial charge in [0.25, 0.3) is 0 Å². The third-order valence-electron chi connectivity index (χ3n) is 14.0. The summed E-state index contributed by atoms with van der Waals surface area (Å²) in [5, 5.41) is 0. The molecular weight excluding hydrogens is 973 g/mol. The fourth-order valence-corrected chi connectivity index (χ4v) is 9.09. The van der Waals surface area contributed by atoms with Gasteiger partial charge >= 0.3 is 17.9 Å². The van der Waals surface area contributed by atoms with Crippen molar-refractivity contribution in [2.75, 3.05) is 13.2 Å². The van der Waals surface area contributed by atoms with Gasteiger partial charge in [0.2, 0.25) is 0 Å². The minimum Gasteiger partial charge on any atom is -0.462 e. The highest BCUT2D eigenvalue weighted by Gasteiger charge is 2.19. The van der Waals surface area contributed by atoms with Gasteiger partial charge in [-0.3, -0.25) is 14.4 Å². The first kappa shape index (κ1) is 74.8. The van der Waals surface area contributed by atoms with E-state index in [0.29, 0.717) is 19.3 Å². The molecule has 0 N–H and O–H groups in total. The van der Waals surface area contributed by atoms with Gasteiger partial charge in [0.15, 0.2) is 6.10 Å². The molecule has 0 radical (unpaired) electrons. The molecule has 0 spiro atoms. The highest BCUT2D eigenvalue weighted by atomic mass is 16.6. The van der Waals surface area contributed by atoms with E-state index in [4.69, 9.17) is 14.2 Å². The third kappa shape index (κ3) is 64.5. The quantitative estimate of drug-likeness (QED) is 0.0261. The smallest absolute Gasteiger partial charge is 0.306 e. The van der Waals surface area contributed by atoms with Gasteiger partial charge in [0, 0.05) is 19.3 Å². The van der Waals surface area contributed by atoms with Crippen molar-refractivity contribution < 1.29 is 28.6 Å². The summed E-state index contributed by atoms with van der Waals surface area (Å²) in [5.41, 5.74) is 0. The lowest BCUT2D eigenvalue weighted by Gasteiger charge is -2.18. The van der Waals surface area contributed by atoms with E-state index in [2.05, 4.69) is 142 Å². The second kappa shape index (κ2) is 66.3. The monoisotopic (exact) mass is 1090 g/mol. The van der Waals surface area contributed by atoms with Crippen LogP contribution in [0.4, 0.5) is 0 Å². The minimum absolute atomic E-state index is 0.0927. The molecule has 0 fully saturated rings. The molecule has 0 aliphatic carbocycles. The molecule has 1 atom stereocenters. The number of esters is 3. The van der Waals surface area contributed by atoms with Gasteiger partial charge in [-0.1, -0.05) is 296 Å². The molecule has 0 rings (SSSR count). The molecule has 0 aromatic rings. The number of allylic oxidation sites excluding steroid dienone is 20. The molecular formula is C73H122O6. The largest absolute Gasteiger partial charge is 0.462 e. The Bertz CT molecular complexity index is 1640. The van der Waals surface area contributed by atoms with Gasteiger partial charge in [-0.2, -0.15) is 0 Å². The maximum Gasteiger partial charge on any atom is 0.306 e. The van der Waals surface area contributed by atoms with Crippen molar-refractivity contribution in [2.24, 2.45) is 0 Å². The lowest BCUT2D eigenvalue weighted by molar-refractivity contribution is -0.167. The van der Waals surface area contributed by atoms with E-state index < -0.39 is 6.10 Å². The van der Waals surface area contributed by atoms with Crippen LogP contribution in [0.1, 0.15) is 303 Å². The Labute approximate surface area is 488 Å². The van der Waals surface area contributed by atoms with Crippen LogP contribution in [0, 0.1) is 0 Å². The topological polar surface area (TPSA) is 78.9 Å². The predicted molar refractivity (Wildman–Crippen MR) is 343 cm³/mol. The Kier molecular flexibility index (Phi) is 62.8. The van der Waals surface area contributed by atoms with Crippen molar-refractivity contribution in [3.63, 3.8) is 0 Å². The molecule has 0 amide bonds. The zero-order chi connectivity index (χ0) is 57.1. The van der Waals surface area contributed by atoms with Gasteiger partial charge in [0.05, 0.1) is 0 Å². The Hall–Kier alpha value is -4.19. The Morgan fingerprint density at radius 1 is 0.266 bits per heavy atom. The maximum absolute atomic E-state index is 12.9. The molecule has 0 bridgehead atoms. The summed E-state index contributed by atoms with van der Waals surface area (Å²) in [6.07, 6.45) is 92.2. The number of hydrogen-bond donors (Lipinski definition) is 0. The van der Waals surface area contributed by atoms with Crippen LogP contribution in [0.2, 0.25) is 0 Å². The van der Waals surface area contributed by atoms with Gasteiger partial charge in [-0.25, -0.2) is 0 Å². The standard InChI is InChI=1S/C73H122O6/c1-4-7-10-13-16-19-22-25-27-28-29-30-31-32-33-34-35-36-37-38-39-40-41-42-43-44-46-48-51-54-57-60-63-66-72(75)78-69-70(68-77-71(74)65-62-59-56-53-50-47-24-21-18-15-12-9-6-3)79-73(76)67-64-61-58-55-52-49-45-26-23-20-17-14-11-8-5-2/h7-8,10-11,16-17,19-20,25-27,29-30,32-33,35-36,45,52,55,70H,4-6,9,12-15,18,21-24,28,31,34,37-44,46-51,53-54,56-69H2,1-3H3/b10-7-,11-8-,19-16-,20-17-,27-25-,30-29-,33-32-,36-35-,45-26-,55-52-. The molecule has 0 saturated carbocycles. The van der Waals surface area contributed by atoms with Gasteiger partial charge in [-0.15, -0.1) is 0 Å². The van der Waals surface area contributed by atoms with Crippen molar-refractivity contribution in [1.82, 2.24) is 0 Å². The zero-order valence-electron chi connectivity index (χ0n) is 51.6. The van der Waals surface area contributed by atoms with Crippen LogP contribution in [-0.2, 0) is 28.6 Å². The number of rotatable bonds is 59. The molecule has 6 nitrogen and oxygen atoms in total. The van der Waals surface area contributed by atoms with Crippen LogP contribution in [0.3, 0.4) is 0 Å². The molecule has 1 unspecified atom stereocenters. The average Bonchev–Trinajstić information content (AvgIpc) is 3.45. The minimum atomic E-state index is -0.800. The molecule has 0 aliphatic heterocycles. The second-order valence-electron chi connectivity index (χ2n) is 21.6. The van der Waals surface area contributed by atoms with E-state index in [1.165, 1.54) is 141 Å². The summed E-state index contributed by atoms with van der Waals surface area (Å²) >= 11 is 0. The van der Waals surface area contributed by atoms with Crippen LogP contribution in [0.25, 0.3) is 0 Å². The van der Waals surface area contributed by atoms with E-state index in [1.54, 1.807) is 0 Å². The Balaban J connectivity index is 4.22. The first-order valence-electron chi connectivity index (χ1n) is 33.0.